The van der Waals surface area contributed by atoms with Gasteiger partial charge in [-0.2, -0.15) is 5.26 Å². The maximum atomic E-state index is 13.1. The highest BCUT2D eigenvalue weighted by molar-refractivity contribution is 6.09. The number of nitrogens with zero attached hydrogens (tertiary/aromatic N) is 2. The smallest absolute Gasteiger partial charge is 0.325 e. The zero-order valence-corrected chi connectivity index (χ0v) is 15.5. The van der Waals surface area contributed by atoms with Crippen molar-refractivity contribution < 1.29 is 14.4 Å². The second-order valence-electron chi connectivity index (χ2n) is 7.29. The molecule has 0 bridgehead atoms. The summed E-state index contributed by atoms with van der Waals surface area (Å²) in [5.41, 5.74) is -1.32. The molecular weight excluding hydrogens is 344 g/mol. The van der Waals surface area contributed by atoms with Crippen molar-refractivity contribution in [2.45, 2.75) is 56.5 Å². The Hall–Kier alpha value is -2.88. The van der Waals surface area contributed by atoms with E-state index >= 15 is 0 Å². The fourth-order valence-electron chi connectivity index (χ4n) is 4.07. The van der Waals surface area contributed by atoms with Gasteiger partial charge >= 0.3 is 6.03 Å². The first-order valence-corrected chi connectivity index (χ1v) is 9.38. The zero-order chi connectivity index (χ0) is 19.5. The van der Waals surface area contributed by atoms with Crippen molar-refractivity contribution in [2.75, 3.05) is 6.54 Å². The summed E-state index contributed by atoms with van der Waals surface area (Å²) >= 11 is 0. The molecule has 1 aliphatic carbocycles. The lowest BCUT2D eigenvalue weighted by Crippen LogP contribution is -2.50. The number of urea groups is 1. The maximum Gasteiger partial charge on any atom is 0.325 e. The van der Waals surface area contributed by atoms with Gasteiger partial charge in [0, 0.05) is 0 Å². The van der Waals surface area contributed by atoms with Crippen LogP contribution in [0.25, 0.3) is 0 Å². The first-order valence-electron chi connectivity index (χ1n) is 9.38. The van der Waals surface area contributed by atoms with Crippen LogP contribution in [0.4, 0.5) is 4.79 Å². The lowest BCUT2D eigenvalue weighted by atomic mass is 9.85. The minimum absolute atomic E-state index is 0.383. The van der Waals surface area contributed by atoms with Crippen molar-refractivity contribution in [3.63, 3.8) is 0 Å². The van der Waals surface area contributed by atoms with Crippen LogP contribution in [0.5, 0.6) is 0 Å². The summed E-state index contributed by atoms with van der Waals surface area (Å²) in [6.45, 7) is 1.56. The van der Waals surface area contributed by atoms with Gasteiger partial charge in [0.25, 0.3) is 5.91 Å². The fourth-order valence-corrected chi connectivity index (χ4v) is 4.07. The van der Waals surface area contributed by atoms with E-state index in [4.69, 9.17) is 0 Å². The van der Waals surface area contributed by atoms with Gasteiger partial charge in [-0.1, -0.05) is 43.7 Å². The van der Waals surface area contributed by atoms with Crippen molar-refractivity contribution in [1.82, 2.24) is 15.5 Å². The Morgan fingerprint density at radius 2 is 1.93 bits per heavy atom. The Bertz CT molecular complexity index is 780. The number of nitrogens with one attached hydrogen (secondary N) is 2. The van der Waals surface area contributed by atoms with Crippen LogP contribution in [-0.4, -0.2) is 34.8 Å². The van der Waals surface area contributed by atoms with E-state index in [-0.39, 0.29) is 6.54 Å². The van der Waals surface area contributed by atoms with Crippen LogP contribution in [0.15, 0.2) is 30.3 Å². The number of hydrogen-bond donors (Lipinski definition) is 2. The molecular formula is C20H24N4O3. The van der Waals surface area contributed by atoms with E-state index in [0.717, 1.165) is 17.7 Å². The molecule has 0 unspecified atom stereocenters. The highest BCUT2D eigenvalue weighted by atomic mass is 16.2. The van der Waals surface area contributed by atoms with E-state index in [9.17, 15) is 19.6 Å². The summed E-state index contributed by atoms with van der Waals surface area (Å²) in [7, 11) is 0. The van der Waals surface area contributed by atoms with Gasteiger partial charge in [-0.3, -0.25) is 14.5 Å². The van der Waals surface area contributed by atoms with Gasteiger partial charge in [-0.25, -0.2) is 4.79 Å². The predicted molar refractivity (Wildman–Crippen MR) is 98.2 cm³/mol. The minimum Gasteiger partial charge on any atom is -0.336 e. The average molecular weight is 368 g/mol. The summed E-state index contributed by atoms with van der Waals surface area (Å²) in [5.74, 6) is -0.907. The highest BCUT2D eigenvalue weighted by Crippen LogP contribution is 2.34. The molecule has 1 saturated heterocycles. The largest absolute Gasteiger partial charge is 0.336 e. The molecule has 7 heteroatoms. The quantitative estimate of drug-likeness (QED) is 0.751. The first-order chi connectivity index (χ1) is 13.0. The van der Waals surface area contributed by atoms with Crippen LogP contribution < -0.4 is 10.6 Å². The number of amides is 4. The third-order valence-electron chi connectivity index (χ3n) is 5.42. The number of carbonyl (C=O) groups excluding carboxylic acids is 3. The summed E-state index contributed by atoms with van der Waals surface area (Å²) < 4.78 is 0. The third-order valence-corrected chi connectivity index (χ3v) is 5.42. The van der Waals surface area contributed by atoms with Crippen LogP contribution in [0.2, 0.25) is 0 Å². The molecule has 1 saturated carbocycles. The molecule has 1 aromatic rings. The SMILES string of the molecule is CCC[C@]1(c2ccccc2)NC(=O)N(CC(=O)NC2(C#N)CCCC2)C1=O. The molecule has 27 heavy (non-hydrogen) atoms. The van der Waals surface area contributed by atoms with Crippen LogP contribution in [0.1, 0.15) is 51.0 Å². The zero-order valence-electron chi connectivity index (χ0n) is 15.5. The van der Waals surface area contributed by atoms with Crippen molar-refractivity contribution in [3.8, 4) is 6.07 Å². The molecule has 1 heterocycles. The van der Waals surface area contributed by atoms with Crippen LogP contribution in [0, 0.1) is 11.3 Å². The highest BCUT2D eigenvalue weighted by Gasteiger charge is 2.52. The van der Waals surface area contributed by atoms with Gasteiger partial charge in [0.15, 0.2) is 0 Å². The molecule has 1 atom stereocenters. The van der Waals surface area contributed by atoms with Gasteiger partial charge in [-0.05, 0) is 37.7 Å². The lowest BCUT2D eigenvalue weighted by Gasteiger charge is -2.27. The van der Waals surface area contributed by atoms with Gasteiger partial charge < -0.3 is 10.6 Å². The van der Waals surface area contributed by atoms with Crippen molar-refractivity contribution in [1.29, 1.82) is 5.26 Å². The first kappa shape index (κ1) is 18.9. The van der Waals surface area contributed by atoms with E-state index in [1.165, 1.54) is 0 Å². The van der Waals surface area contributed by atoms with Gasteiger partial charge in [0.1, 0.15) is 17.6 Å². The maximum absolute atomic E-state index is 13.1. The molecule has 0 aromatic heterocycles. The van der Waals surface area contributed by atoms with E-state index < -0.39 is 28.9 Å². The average Bonchev–Trinajstić information content (AvgIpc) is 3.22. The summed E-state index contributed by atoms with van der Waals surface area (Å²) in [5, 5.41) is 14.9. The molecule has 7 nitrogen and oxygen atoms in total. The van der Waals surface area contributed by atoms with E-state index in [2.05, 4.69) is 16.7 Å². The summed E-state index contributed by atoms with van der Waals surface area (Å²) in [4.78, 5) is 39.1. The molecule has 3 rings (SSSR count). The molecule has 142 valence electrons. The standard InChI is InChI=1S/C20H24N4O3/c1-2-10-20(15-8-4-3-5-9-15)17(26)24(18(27)23-20)13-16(25)22-19(14-21)11-6-7-12-19/h3-5,8-9H,2,6-7,10-13H2,1H3,(H,22,25)(H,23,27)/t20-/m1/s1. The Kier molecular flexibility index (Phi) is 5.17. The summed E-state index contributed by atoms with van der Waals surface area (Å²) in [6.07, 6.45) is 4.09. The monoisotopic (exact) mass is 368 g/mol. The molecule has 4 amide bonds. The van der Waals surface area contributed by atoms with Crippen molar-refractivity contribution >= 4 is 17.8 Å². The second-order valence-corrected chi connectivity index (χ2v) is 7.29. The molecule has 1 aliphatic heterocycles. The Morgan fingerprint density at radius 3 is 2.52 bits per heavy atom. The third kappa shape index (κ3) is 3.39. The predicted octanol–water partition coefficient (Wildman–Crippen LogP) is 2.19. The number of benzene rings is 1. The molecule has 2 aliphatic rings. The molecule has 0 spiro atoms. The normalized spacial score (nSPS) is 23.8. The van der Waals surface area contributed by atoms with E-state index in [1.54, 1.807) is 12.1 Å². The van der Waals surface area contributed by atoms with Gasteiger partial charge in [0.2, 0.25) is 5.91 Å². The van der Waals surface area contributed by atoms with Crippen molar-refractivity contribution in [3.05, 3.63) is 35.9 Å². The molecule has 2 fully saturated rings. The van der Waals surface area contributed by atoms with Crippen LogP contribution in [-0.2, 0) is 15.1 Å². The molecule has 0 radical (unpaired) electrons. The molecule has 1 aromatic carbocycles. The molecule has 2 N–H and O–H groups in total. The second kappa shape index (κ2) is 7.39. The number of hydrogen-bond acceptors (Lipinski definition) is 4. The Balaban J connectivity index is 1.79. The van der Waals surface area contributed by atoms with E-state index in [0.29, 0.717) is 31.2 Å². The van der Waals surface area contributed by atoms with E-state index in [1.807, 2.05) is 25.1 Å². The summed E-state index contributed by atoms with van der Waals surface area (Å²) in [6, 6.07) is 10.7. The number of nitriles is 1. The van der Waals surface area contributed by atoms with Gasteiger partial charge in [0.05, 0.1) is 6.07 Å². The Morgan fingerprint density at radius 1 is 1.26 bits per heavy atom. The van der Waals surface area contributed by atoms with Crippen molar-refractivity contribution in [2.24, 2.45) is 0 Å². The van der Waals surface area contributed by atoms with Gasteiger partial charge in [-0.15, -0.1) is 0 Å². The van der Waals surface area contributed by atoms with Crippen LogP contribution in [0.3, 0.4) is 0 Å². The fraction of sp³-hybridized carbons (Fsp3) is 0.500. The van der Waals surface area contributed by atoms with Crippen LogP contribution >= 0.6 is 0 Å². The minimum atomic E-state index is -1.15. The topological polar surface area (TPSA) is 102 Å². The number of imide groups is 1. The Labute approximate surface area is 158 Å². The lowest BCUT2D eigenvalue weighted by molar-refractivity contribution is -0.135. The number of carbonyl (C=O) groups is 3. The number of rotatable bonds is 6.